The Morgan fingerprint density at radius 2 is 2.10 bits per heavy atom. The Hall–Kier alpha value is -3.95. The molecule has 1 aromatic carbocycles. The van der Waals surface area contributed by atoms with Crippen LogP contribution in [0.5, 0.6) is 11.5 Å². The molecule has 0 spiro atoms. The Morgan fingerprint density at radius 3 is 2.60 bits per heavy atom. The summed E-state index contributed by atoms with van der Waals surface area (Å²) < 4.78 is 51.8. The molecule has 0 saturated heterocycles. The van der Waals surface area contributed by atoms with Gasteiger partial charge in [0.25, 0.3) is 0 Å². The number of phenolic OH excluding ortho intramolecular Hbond substituents is 1. The van der Waals surface area contributed by atoms with Gasteiger partial charge in [-0.3, -0.25) is 10.1 Å². The van der Waals surface area contributed by atoms with Gasteiger partial charge in [-0.15, -0.1) is 13.2 Å². The van der Waals surface area contributed by atoms with E-state index in [4.69, 9.17) is 15.2 Å². The number of hydrogen-bond donors (Lipinski definition) is 2. The number of halogens is 3. The second kappa shape index (κ2) is 8.19. The number of rotatable bonds is 5. The van der Waals surface area contributed by atoms with Crippen LogP contribution in [0.25, 0.3) is 0 Å². The van der Waals surface area contributed by atoms with Crippen molar-refractivity contribution in [1.82, 2.24) is 0 Å². The standard InChI is InChI=1S/C17H14F3N3O7/c1-3-28-16(25)12-7(2)29-15(22)10(6-21)13(12)9-4-8(30-17(18,19)20)5-11(14(9)24)23(26)27/h4-5,13,24H,3,22H2,1-2H3. The highest BCUT2D eigenvalue weighted by Gasteiger charge is 2.40. The van der Waals surface area contributed by atoms with Crippen LogP contribution in [-0.4, -0.2) is 29.0 Å². The number of carbonyl (C=O) groups is 1. The number of nitriles is 1. The van der Waals surface area contributed by atoms with Crippen molar-refractivity contribution in [1.29, 1.82) is 5.26 Å². The lowest BCUT2D eigenvalue weighted by molar-refractivity contribution is -0.386. The van der Waals surface area contributed by atoms with Crippen molar-refractivity contribution in [2.24, 2.45) is 5.73 Å². The van der Waals surface area contributed by atoms with E-state index in [1.807, 2.05) is 0 Å². The minimum Gasteiger partial charge on any atom is -0.502 e. The van der Waals surface area contributed by atoms with Crippen molar-refractivity contribution in [2.45, 2.75) is 26.1 Å². The summed E-state index contributed by atoms with van der Waals surface area (Å²) in [6.07, 6.45) is -5.21. The van der Waals surface area contributed by atoms with Crippen LogP contribution in [0.3, 0.4) is 0 Å². The number of esters is 1. The molecular weight excluding hydrogens is 415 g/mol. The SMILES string of the molecule is CCOC(=O)C1=C(C)OC(N)=C(C#N)C1c1cc(OC(F)(F)F)cc([N+](=O)[O-])c1O. The Labute approximate surface area is 166 Å². The molecule has 1 heterocycles. The molecule has 1 aliphatic rings. The number of benzene rings is 1. The lowest BCUT2D eigenvalue weighted by atomic mass is 9.82. The van der Waals surface area contributed by atoms with Gasteiger partial charge < -0.3 is 25.1 Å². The van der Waals surface area contributed by atoms with Crippen LogP contribution in [0, 0.1) is 21.4 Å². The minimum absolute atomic E-state index is 0.104. The highest BCUT2D eigenvalue weighted by molar-refractivity contribution is 5.93. The molecule has 0 fully saturated rings. The second-order valence-corrected chi connectivity index (χ2v) is 5.80. The molecule has 160 valence electrons. The normalized spacial score (nSPS) is 16.6. The van der Waals surface area contributed by atoms with E-state index in [9.17, 15) is 38.4 Å². The average molecular weight is 429 g/mol. The maximum Gasteiger partial charge on any atom is 0.573 e. The first-order valence-corrected chi connectivity index (χ1v) is 8.13. The van der Waals surface area contributed by atoms with Gasteiger partial charge in [0.05, 0.1) is 29.1 Å². The first kappa shape index (κ1) is 22.3. The van der Waals surface area contributed by atoms with Gasteiger partial charge in [-0.05, 0) is 19.9 Å². The van der Waals surface area contributed by atoms with Crippen LogP contribution in [-0.2, 0) is 14.3 Å². The molecule has 1 aromatic rings. The lowest BCUT2D eigenvalue weighted by Gasteiger charge is -2.27. The molecule has 30 heavy (non-hydrogen) atoms. The van der Waals surface area contributed by atoms with Crippen molar-refractivity contribution in [3.05, 3.63) is 50.6 Å². The summed E-state index contributed by atoms with van der Waals surface area (Å²) in [6, 6.07) is 2.60. The van der Waals surface area contributed by atoms with Crippen LogP contribution in [0.1, 0.15) is 25.3 Å². The Balaban J connectivity index is 2.84. The third-order valence-corrected chi connectivity index (χ3v) is 3.94. The number of allylic oxidation sites excluding steroid dienone is 2. The number of hydrogen-bond acceptors (Lipinski definition) is 9. The summed E-state index contributed by atoms with van der Waals surface area (Å²) >= 11 is 0. The van der Waals surface area contributed by atoms with E-state index in [2.05, 4.69) is 4.74 Å². The first-order valence-electron chi connectivity index (χ1n) is 8.13. The van der Waals surface area contributed by atoms with E-state index in [1.165, 1.54) is 13.8 Å². The zero-order valence-electron chi connectivity index (χ0n) is 15.4. The summed E-state index contributed by atoms with van der Waals surface area (Å²) in [4.78, 5) is 22.5. The number of nitro groups is 1. The molecule has 1 aliphatic heterocycles. The van der Waals surface area contributed by atoms with Crippen LogP contribution >= 0.6 is 0 Å². The summed E-state index contributed by atoms with van der Waals surface area (Å²) in [5.74, 6) is -5.44. The number of nitrogens with two attached hydrogens (primary N) is 1. The molecule has 0 radical (unpaired) electrons. The Kier molecular flexibility index (Phi) is 6.10. The number of nitrogens with zero attached hydrogens (tertiary/aromatic N) is 2. The third-order valence-electron chi connectivity index (χ3n) is 3.94. The Morgan fingerprint density at radius 1 is 1.47 bits per heavy atom. The zero-order valence-corrected chi connectivity index (χ0v) is 15.4. The van der Waals surface area contributed by atoms with Gasteiger partial charge in [-0.1, -0.05) is 0 Å². The number of aromatic hydroxyl groups is 1. The fourth-order valence-electron chi connectivity index (χ4n) is 2.83. The topological polar surface area (TPSA) is 158 Å². The molecule has 3 N–H and O–H groups in total. The molecule has 1 atom stereocenters. The van der Waals surface area contributed by atoms with Crippen molar-refractivity contribution in [2.75, 3.05) is 6.61 Å². The van der Waals surface area contributed by atoms with Crippen molar-refractivity contribution in [3.8, 4) is 17.6 Å². The fourth-order valence-corrected chi connectivity index (χ4v) is 2.83. The van der Waals surface area contributed by atoms with Gasteiger partial charge in [-0.25, -0.2) is 4.79 Å². The first-order chi connectivity index (χ1) is 13.9. The van der Waals surface area contributed by atoms with Gasteiger partial charge >= 0.3 is 18.0 Å². The monoisotopic (exact) mass is 429 g/mol. The summed E-state index contributed by atoms with van der Waals surface area (Å²) in [5.41, 5.74) is 3.05. The number of ether oxygens (including phenoxy) is 3. The molecule has 0 amide bonds. The number of nitro benzene ring substituents is 1. The third kappa shape index (κ3) is 4.37. The van der Waals surface area contributed by atoms with E-state index in [1.54, 1.807) is 6.07 Å². The molecule has 1 unspecified atom stereocenters. The smallest absolute Gasteiger partial charge is 0.502 e. The average Bonchev–Trinajstić information content (AvgIpc) is 2.61. The molecule has 0 aromatic heterocycles. The van der Waals surface area contributed by atoms with Gasteiger partial charge in [0, 0.05) is 5.56 Å². The van der Waals surface area contributed by atoms with Gasteiger partial charge in [-0.2, -0.15) is 5.26 Å². The van der Waals surface area contributed by atoms with Gasteiger partial charge in [0.1, 0.15) is 23.2 Å². The van der Waals surface area contributed by atoms with E-state index in [0.717, 1.165) is 0 Å². The molecular formula is C17H14F3N3O7. The van der Waals surface area contributed by atoms with Crippen molar-refractivity contribution in [3.63, 3.8) is 0 Å². The van der Waals surface area contributed by atoms with E-state index in [0.29, 0.717) is 12.1 Å². The van der Waals surface area contributed by atoms with Crippen molar-refractivity contribution >= 4 is 11.7 Å². The van der Waals surface area contributed by atoms with Crippen LogP contribution in [0.4, 0.5) is 18.9 Å². The van der Waals surface area contributed by atoms with Crippen LogP contribution < -0.4 is 10.5 Å². The molecule has 2 rings (SSSR count). The predicted molar refractivity (Wildman–Crippen MR) is 91.4 cm³/mol. The Bertz CT molecular complexity index is 1010. The predicted octanol–water partition coefficient (Wildman–Crippen LogP) is 2.84. The molecule has 13 heteroatoms. The second-order valence-electron chi connectivity index (χ2n) is 5.80. The quantitative estimate of drug-likeness (QED) is 0.408. The van der Waals surface area contributed by atoms with Gasteiger partial charge in [0.15, 0.2) is 5.75 Å². The fraction of sp³-hybridized carbons (Fsp3) is 0.294. The summed E-state index contributed by atoms with van der Waals surface area (Å²) in [5, 5.41) is 31.1. The van der Waals surface area contributed by atoms with E-state index < -0.39 is 57.4 Å². The van der Waals surface area contributed by atoms with E-state index in [-0.39, 0.29) is 17.9 Å². The highest BCUT2D eigenvalue weighted by Crippen LogP contribution is 2.47. The zero-order chi connectivity index (χ0) is 22.8. The molecule has 10 nitrogen and oxygen atoms in total. The largest absolute Gasteiger partial charge is 0.573 e. The van der Waals surface area contributed by atoms with Crippen molar-refractivity contribution < 1.29 is 42.2 Å². The number of phenols is 1. The number of alkyl halides is 3. The molecule has 0 saturated carbocycles. The highest BCUT2D eigenvalue weighted by atomic mass is 19.4. The number of carbonyl (C=O) groups excluding carboxylic acids is 1. The molecule has 0 bridgehead atoms. The minimum atomic E-state index is -5.21. The summed E-state index contributed by atoms with van der Waals surface area (Å²) in [6.45, 7) is 2.64. The maximum absolute atomic E-state index is 12.7. The van der Waals surface area contributed by atoms with Gasteiger partial charge in [0.2, 0.25) is 5.88 Å². The maximum atomic E-state index is 12.7. The lowest BCUT2D eigenvalue weighted by Crippen LogP contribution is -2.26. The van der Waals surface area contributed by atoms with Crippen LogP contribution in [0.15, 0.2) is 34.9 Å². The van der Waals surface area contributed by atoms with Crippen LogP contribution in [0.2, 0.25) is 0 Å². The van der Waals surface area contributed by atoms with E-state index >= 15 is 0 Å². The summed E-state index contributed by atoms with van der Waals surface area (Å²) in [7, 11) is 0. The molecule has 0 aliphatic carbocycles.